The lowest BCUT2D eigenvalue weighted by Crippen LogP contribution is -2.02. The molecule has 0 aromatic rings. The molecule has 0 aromatic heterocycles. The molecule has 8 nitrogen and oxygen atoms in total. The fourth-order valence-corrected chi connectivity index (χ4v) is 0.142. The van der Waals surface area contributed by atoms with Gasteiger partial charge in [-0.2, -0.15) is 9.82 Å². The predicted octanol–water partition coefficient (Wildman–Crippen LogP) is 0.895. The molecule has 0 rings (SSSR count). The van der Waals surface area contributed by atoms with Crippen LogP contribution in [0.15, 0.2) is 10.4 Å². The van der Waals surface area contributed by atoms with E-state index in [1.165, 1.54) is 0 Å². The van der Waals surface area contributed by atoms with Gasteiger partial charge >= 0.3 is 6.41 Å². The molecule has 1 amide bonds. The van der Waals surface area contributed by atoms with Gasteiger partial charge in [-0.15, -0.1) is 11.1 Å². The highest BCUT2D eigenvalue weighted by atomic mass is 16.2. The van der Waals surface area contributed by atoms with Crippen molar-refractivity contribution in [3.8, 4) is 0 Å². The van der Waals surface area contributed by atoms with Crippen LogP contribution in [0.4, 0.5) is 0 Å². The zero-order valence-electron chi connectivity index (χ0n) is 4.12. The Morgan fingerprint density at radius 3 is 2.00 bits per heavy atom. The van der Waals surface area contributed by atoms with Crippen molar-refractivity contribution in [2.24, 2.45) is 10.4 Å². The van der Waals surface area contributed by atoms with Crippen molar-refractivity contribution in [2.75, 3.05) is 0 Å². The third kappa shape index (κ3) is 2.75. The number of azide groups is 1. The van der Waals surface area contributed by atoms with Crippen LogP contribution in [0.3, 0.4) is 0 Å². The van der Waals surface area contributed by atoms with Crippen LogP contribution in [0, 0.1) is 0 Å². The maximum Gasteiger partial charge on any atom is 0.311 e. The number of amides is 1. The molecule has 0 saturated carbocycles. The molecule has 0 spiro atoms. The number of hydrogen-bond acceptors (Lipinski definition) is 3. The van der Waals surface area contributed by atoms with Crippen molar-refractivity contribution < 1.29 is 4.79 Å². The van der Waals surface area contributed by atoms with Crippen LogP contribution in [0.2, 0.25) is 0 Å². The predicted molar refractivity (Wildman–Crippen MR) is 26.2 cm³/mol. The molecule has 0 radical (unpaired) electrons. The van der Waals surface area contributed by atoms with Crippen molar-refractivity contribution in [2.45, 2.75) is 0 Å². The van der Waals surface area contributed by atoms with Crippen LogP contribution < -0.4 is 0 Å². The summed E-state index contributed by atoms with van der Waals surface area (Å²) >= 11 is 0. The van der Waals surface area contributed by atoms with Crippen LogP contribution in [0.5, 0.6) is 0 Å². The van der Waals surface area contributed by atoms with Crippen LogP contribution in [-0.4, -0.2) is 11.5 Å². The first-order chi connectivity index (χ1) is 4.35. The average Bonchev–Trinajstić information content (AvgIpc) is 1.88. The van der Waals surface area contributed by atoms with Gasteiger partial charge in [0.2, 0.25) is 0 Å². The normalized spacial score (nSPS) is 6.22. The highest BCUT2D eigenvalue weighted by Crippen LogP contribution is 1.84. The second-order valence-corrected chi connectivity index (χ2v) is 0.784. The quantitative estimate of drug-likeness (QED) is 0.181. The third-order valence-corrected chi connectivity index (χ3v) is 0.358. The second kappa shape index (κ2) is 4.25. The Hall–Kier alpha value is -1.91. The van der Waals surface area contributed by atoms with Gasteiger partial charge in [-0.1, -0.05) is 5.12 Å². The molecule has 46 valence electrons. The molecular formula is CHN7O. The van der Waals surface area contributed by atoms with Gasteiger partial charge in [-0.3, -0.25) is 0 Å². The van der Waals surface area contributed by atoms with Gasteiger partial charge in [0.15, 0.2) is 0 Å². The van der Waals surface area contributed by atoms with Crippen molar-refractivity contribution in [1.82, 2.24) is 5.12 Å². The molecule has 0 bridgehead atoms. The largest absolute Gasteiger partial charge is 0.311 e. The van der Waals surface area contributed by atoms with Crippen molar-refractivity contribution in [1.29, 1.82) is 0 Å². The van der Waals surface area contributed by atoms with E-state index in [1.54, 1.807) is 0 Å². The molecule has 0 saturated heterocycles. The lowest BCUT2D eigenvalue weighted by molar-refractivity contribution is -0.118. The topological polar surface area (TPSA) is 118 Å². The van der Waals surface area contributed by atoms with E-state index >= 15 is 0 Å². The minimum atomic E-state index is 0.0828. The van der Waals surface area contributed by atoms with E-state index in [4.69, 9.17) is 11.1 Å². The van der Waals surface area contributed by atoms with E-state index in [9.17, 15) is 4.79 Å². The van der Waals surface area contributed by atoms with Crippen LogP contribution in [-0.2, 0) is 4.79 Å². The Labute approximate surface area is 48.9 Å². The van der Waals surface area contributed by atoms with Gasteiger partial charge < -0.3 is 0 Å². The fraction of sp³-hybridized carbons (Fsp3) is 0. The zero-order chi connectivity index (χ0) is 7.11. The number of rotatable bonds is 3. The first-order valence-electron chi connectivity index (χ1n) is 1.69. The summed E-state index contributed by atoms with van der Waals surface area (Å²) < 4.78 is 0. The van der Waals surface area contributed by atoms with E-state index in [-0.39, 0.29) is 11.5 Å². The lowest BCUT2D eigenvalue weighted by Gasteiger charge is -1.90. The summed E-state index contributed by atoms with van der Waals surface area (Å²) in [4.78, 5) is 14.0. The number of carbonyl (C=O) groups excluding carboxylic acids is 1. The van der Waals surface area contributed by atoms with Gasteiger partial charge in [0.25, 0.3) is 0 Å². The van der Waals surface area contributed by atoms with Crippen LogP contribution in [0.1, 0.15) is 0 Å². The minimum absolute atomic E-state index is 0.0828. The van der Waals surface area contributed by atoms with Gasteiger partial charge in [0.1, 0.15) is 0 Å². The first kappa shape index (κ1) is 7.09. The summed E-state index contributed by atoms with van der Waals surface area (Å²) in [5, 5.41) is 5.54. The SMILES string of the molecule is [N-]=[N+]=NN(C=O)N=[N+]=[N-]. The monoisotopic (exact) mass is 127 g/mol. The summed E-state index contributed by atoms with van der Waals surface area (Å²) in [6.45, 7) is 0. The van der Waals surface area contributed by atoms with Gasteiger partial charge in [-0.25, -0.2) is 4.79 Å². The molecule has 0 atom stereocenters. The molecule has 0 unspecified atom stereocenters. The van der Waals surface area contributed by atoms with Gasteiger partial charge in [-0.05, 0) is 0 Å². The summed E-state index contributed by atoms with van der Waals surface area (Å²) in [6.07, 6.45) is 0.0828. The van der Waals surface area contributed by atoms with Crippen LogP contribution in [0.25, 0.3) is 20.9 Å². The molecule has 0 aliphatic carbocycles. The Kier molecular flexibility index (Phi) is 3.35. The summed E-state index contributed by atoms with van der Waals surface area (Å²) in [7, 11) is 0. The van der Waals surface area contributed by atoms with E-state index in [2.05, 4.69) is 20.3 Å². The average molecular weight is 127 g/mol. The second-order valence-electron chi connectivity index (χ2n) is 0.784. The molecule has 8 heteroatoms. The highest BCUT2D eigenvalue weighted by Gasteiger charge is 1.89. The third-order valence-electron chi connectivity index (χ3n) is 0.358. The Balaban J connectivity index is 4.14. The summed E-state index contributed by atoms with van der Waals surface area (Å²) in [5.41, 5.74) is 15.3. The van der Waals surface area contributed by atoms with Crippen molar-refractivity contribution in [3.05, 3.63) is 20.9 Å². The highest BCUT2D eigenvalue weighted by molar-refractivity contribution is 5.45. The molecule has 0 aliphatic rings. The fourth-order valence-electron chi connectivity index (χ4n) is 0.142. The summed E-state index contributed by atoms with van der Waals surface area (Å²) in [6, 6.07) is 0. The molecule has 0 aliphatic heterocycles. The standard InChI is InChI=1S/CHN7O/c2-4-6-8(1-9)7-5-3/h1H. The molecule has 0 fully saturated rings. The smallest absolute Gasteiger partial charge is 0.249 e. The molecule has 9 heavy (non-hydrogen) atoms. The molecule has 0 heterocycles. The number of carbonyl (C=O) groups is 1. The Bertz CT molecular complexity index is 165. The van der Waals surface area contributed by atoms with E-state index < -0.39 is 0 Å². The molecular weight excluding hydrogens is 126 g/mol. The van der Waals surface area contributed by atoms with E-state index in [1.807, 2.05) is 0 Å². The van der Waals surface area contributed by atoms with Gasteiger partial charge in [0.05, 0.1) is 0 Å². The maximum atomic E-state index is 9.68. The Morgan fingerprint density at radius 1 is 1.33 bits per heavy atom. The lowest BCUT2D eigenvalue weighted by atomic mass is 11.4. The maximum absolute atomic E-state index is 9.68. The Morgan fingerprint density at radius 2 is 1.78 bits per heavy atom. The van der Waals surface area contributed by atoms with Gasteiger partial charge in [0, 0.05) is 10.4 Å². The van der Waals surface area contributed by atoms with Crippen molar-refractivity contribution in [3.63, 3.8) is 0 Å². The molecule has 0 N–H and O–H groups in total. The molecule has 0 aromatic carbocycles. The summed E-state index contributed by atoms with van der Waals surface area (Å²) in [5.74, 6) is 0. The van der Waals surface area contributed by atoms with E-state index in [0.717, 1.165) is 0 Å². The van der Waals surface area contributed by atoms with Crippen molar-refractivity contribution >= 4 is 6.41 Å². The zero-order valence-corrected chi connectivity index (χ0v) is 4.12. The van der Waals surface area contributed by atoms with Crippen LogP contribution >= 0.6 is 0 Å². The minimum Gasteiger partial charge on any atom is -0.249 e. The number of nitrogens with zero attached hydrogens (tertiary/aromatic N) is 7. The number of hydrogen-bond donors (Lipinski definition) is 0. The first-order valence-corrected chi connectivity index (χ1v) is 1.69. The van der Waals surface area contributed by atoms with E-state index in [0.29, 0.717) is 0 Å².